The van der Waals surface area contributed by atoms with Gasteiger partial charge in [0.25, 0.3) is 0 Å². The molecule has 2 aromatic carbocycles. The Morgan fingerprint density at radius 1 is 1.05 bits per heavy atom. The van der Waals surface area contributed by atoms with Crippen LogP contribution in [-0.4, -0.2) is 19.6 Å². The third kappa shape index (κ3) is 3.27. The lowest BCUT2D eigenvalue weighted by Crippen LogP contribution is -2.31. The van der Waals surface area contributed by atoms with E-state index in [4.69, 9.17) is 0 Å². The maximum Gasteiger partial charge on any atom is 0.0498 e. The van der Waals surface area contributed by atoms with Gasteiger partial charge in [-0.15, -0.1) is 0 Å². The van der Waals surface area contributed by atoms with Crippen molar-refractivity contribution in [3.63, 3.8) is 0 Å². The molecule has 0 saturated carbocycles. The van der Waals surface area contributed by atoms with E-state index in [1.807, 2.05) is 0 Å². The molecule has 1 saturated heterocycles. The van der Waals surface area contributed by atoms with Crippen molar-refractivity contribution in [2.75, 3.05) is 24.5 Å². The maximum absolute atomic E-state index is 3.69. The van der Waals surface area contributed by atoms with Gasteiger partial charge in [-0.2, -0.15) is 0 Å². The Hall–Kier alpha value is -1.80. The van der Waals surface area contributed by atoms with Crippen LogP contribution in [0.2, 0.25) is 0 Å². The van der Waals surface area contributed by atoms with Crippen LogP contribution >= 0.6 is 0 Å². The van der Waals surface area contributed by atoms with Crippen molar-refractivity contribution in [3.8, 4) is 0 Å². The maximum atomic E-state index is 3.69. The normalized spacial score (nSPS) is 19.3. The number of nitrogens with one attached hydrogen (secondary N) is 1. The van der Waals surface area contributed by atoms with Crippen LogP contribution in [-0.2, 0) is 0 Å². The standard InChI is InChI=1S/C19H24N2/c1-15-9-10-19(16(2)13-15)21-12-6-11-20-18(14-21)17-7-4-3-5-8-17/h3-5,7-10,13,18,20H,6,11-12,14H2,1-2H3. The number of hydrogen-bond acceptors (Lipinski definition) is 2. The molecule has 0 amide bonds. The van der Waals surface area contributed by atoms with Crippen LogP contribution in [0.25, 0.3) is 0 Å². The minimum absolute atomic E-state index is 0.411. The second-order valence-electron chi connectivity index (χ2n) is 6.01. The number of benzene rings is 2. The Morgan fingerprint density at radius 3 is 2.62 bits per heavy atom. The molecule has 1 aliphatic rings. The van der Waals surface area contributed by atoms with Crippen molar-refractivity contribution in [2.24, 2.45) is 0 Å². The smallest absolute Gasteiger partial charge is 0.0498 e. The van der Waals surface area contributed by atoms with Crippen molar-refractivity contribution >= 4 is 5.69 Å². The van der Waals surface area contributed by atoms with Gasteiger partial charge < -0.3 is 10.2 Å². The molecule has 1 heterocycles. The van der Waals surface area contributed by atoms with Crippen molar-refractivity contribution in [3.05, 3.63) is 65.2 Å². The first-order chi connectivity index (χ1) is 10.2. The van der Waals surface area contributed by atoms with Crippen molar-refractivity contribution in [1.82, 2.24) is 5.32 Å². The van der Waals surface area contributed by atoms with Gasteiger partial charge in [-0.1, -0.05) is 48.0 Å². The number of rotatable bonds is 2. The minimum atomic E-state index is 0.411. The Morgan fingerprint density at radius 2 is 1.86 bits per heavy atom. The monoisotopic (exact) mass is 280 g/mol. The van der Waals surface area contributed by atoms with Crippen LogP contribution in [0.4, 0.5) is 5.69 Å². The van der Waals surface area contributed by atoms with Crippen molar-refractivity contribution < 1.29 is 0 Å². The highest BCUT2D eigenvalue weighted by atomic mass is 15.2. The summed E-state index contributed by atoms with van der Waals surface area (Å²) < 4.78 is 0. The van der Waals surface area contributed by atoms with E-state index in [0.29, 0.717) is 6.04 Å². The molecule has 2 heteroatoms. The summed E-state index contributed by atoms with van der Waals surface area (Å²) in [4.78, 5) is 2.53. The van der Waals surface area contributed by atoms with E-state index < -0.39 is 0 Å². The van der Waals surface area contributed by atoms with E-state index in [0.717, 1.165) is 19.6 Å². The zero-order chi connectivity index (χ0) is 14.7. The predicted octanol–water partition coefficient (Wildman–Crippen LogP) is 3.84. The summed E-state index contributed by atoms with van der Waals surface area (Å²) in [5.74, 6) is 0. The highest BCUT2D eigenvalue weighted by molar-refractivity contribution is 5.54. The summed E-state index contributed by atoms with van der Waals surface area (Å²) in [6.07, 6.45) is 1.19. The fourth-order valence-electron chi connectivity index (χ4n) is 3.21. The number of nitrogens with zero attached hydrogens (tertiary/aromatic N) is 1. The molecule has 1 fully saturated rings. The SMILES string of the molecule is Cc1ccc(N2CCCNC(c3ccccc3)C2)c(C)c1. The van der Waals surface area contributed by atoms with Gasteiger partial charge in [0.2, 0.25) is 0 Å². The summed E-state index contributed by atoms with van der Waals surface area (Å²) in [5.41, 5.74) is 5.48. The lowest BCUT2D eigenvalue weighted by molar-refractivity contribution is 0.570. The lowest BCUT2D eigenvalue weighted by atomic mass is 10.1. The summed E-state index contributed by atoms with van der Waals surface area (Å²) >= 11 is 0. The largest absolute Gasteiger partial charge is 0.369 e. The minimum Gasteiger partial charge on any atom is -0.369 e. The van der Waals surface area contributed by atoms with Gasteiger partial charge in [0.1, 0.15) is 0 Å². The van der Waals surface area contributed by atoms with E-state index in [2.05, 4.69) is 72.6 Å². The molecular weight excluding hydrogens is 256 g/mol. The highest BCUT2D eigenvalue weighted by Crippen LogP contribution is 2.25. The van der Waals surface area contributed by atoms with Crippen LogP contribution in [0, 0.1) is 13.8 Å². The molecule has 1 N–H and O–H groups in total. The number of hydrogen-bond donors (Lipinski definition) is 1. The molecule has 0 spiro atoms. The summed E-state index contributed by atoms with van der Waals surface area (Å²) in [7, 11) is 0. The van der Waals surface area contributed by atoms with E-state index in [1.54, 1.807) is 0 Å². The summed E-state index contributed by atoms with van der Waals surface area (Å²) in [6.45, 7) is 7.63. The predicted molar refractivity (Wildman–Crippen MR) is 89.9 cm³/mol. The van der Waals surface area contributed by atoms with E-state index in [-0.39, 0.29) is 0 Å². The Labute approximate surface area is 127 Å². The zero-order valence-corrected chi connectivity index (χ0v) is 13.0. The lowest BCUT2D eigenvalue weighted by Gasteiger charge is -2.28. The van der Waals surface area contributed by atoms with Crippen LogP contribution in [0.5, 0.6) is 0 Å². The Balaban J connectivity index is 1.85. The number of anilines is 1. The number of aryl methyl sites for hydroxylation is 2. The quantitative estimate of drug-likeness (QED) is 0.899. The van der Waals surface area contributed by atoms with E-state index in [9.17, 15) is 0 Å². The molecule has 110 valence electrons. The first-order valence-electron chi connectivity index (χ1n) is 7.84. The molecule has 0 radical (unpaired) electrons. The van der Waals surface area contributed by atoms with Gasteiger partial charge >= 0.3 is 0 Å². The zero-order valence-electron chi connectivity index (χ0n) is 13.0. The fourth-order valence-corrected chi connectivity index (χ4v) is 3.21. The average molecular weight is 280 g/mol. The van der Waals surface area contributed by atoms with Gasteiger partial charge in [0.05, 0.1) is 0 Å². The first-order valence-corrected chi connectivity index (χ1v) is 7.84. The third-order valence-electron chi connectivity index (χ3n) is 4.29. The second kappa shape index (κ2) is 6.31. The molecular formula is C19H24N2. The van der Waals surface area contributed by atoms with Gasteiger partial charge in [0.15, 0.2) is 0 Å². The van der Waals surface area contributed by atoms with E-state index in [1.165, 1.54) is 28.8 Å². The molecule has 21 heavy (non-hydrogen) atoms. The molecule has 0 aliphatic carbocycles. The van der Waals surface area contributed by atoms with Crippen LogP contribution in [0.15, 0.2) is 48.5 Å². The van der Waals surface area contributed by atoms with Crippen molar-refractivity contribution in [2.45, 2.75) is 26.3 Å². The van der Waals surface area contributed by atoms with E-state index >= 15 is 0 Å². The molecule has 2 nitrogen and oxygen atoms in total. The second-order valence-corrected chi connectivity index (χ2v) is 6.01. The fraction of sp³-hybridized carbons (Fsp3) is 0.368. The molecule has 1 atom stereocenters. The van der Waals surface area contributed by atoms with Gasteiger partial charge in [-0.25, -0.2) is 0 Å². The van der Waals surface area contributed by atoms with Crippen LogP contribution < -0.4 is 10.2 Å². The van der Waals surface area contributed by atoms with Gasteiger partial charge in [0, 0.05) is 24.8 Å². The summed E-state index contributed by atoms with van der Waals surface area (Å²) in [5, 5.41) is 3.69. The summed E-state index contributed by atoms with van der Waals surface area (Å²) in [6, 6.07) is 18.0. The molecule has 0 bridgehead atoms. The highest BCUT2D eigenvalue weighted by Gasteiger charge is 2.20. The molecule has 0 aromatic heterocycles. The molecule has 1 unspecified atom stereocenters. The third-order valence-corrected chi connectivity index (χ3v) is 4.29. The molecule has 1 aliphatic heterocycles. The Bertz CT molecular complexity index is 592. The van der Waals surface area contributed by atoms with Gasteiger partial charge in [-0.3, -0.25) is 0 Å². The Kier molecular flexibility index (Phi) is 4.26. The average Bonchev–Trinajstić information content (AvgIpc) is 2.74. The van der Waals surface area contributed by atoms with Crippen molar-refractivity contribution in [1.29, 1.82) is 0 Å². The molecule has 3 rings (SSSR count). The molecule has 2 aromatic rings. The van der Waals surface area contributed by atoms with Crippen LogP contribution in [0.3, 0.4) is 0 Å². The first kappa shape index (κ1) is 14.2. The topological polar surface area (TPSA) is 15.3 Å². The van der Waals surface area contributed by atoms with Crippen LogP contribution in [0.1, 0.15) is 29.2 Å². The van der Waals surface area contributed by atoms with Gasteiger partial charge in [-0.05, 0) is 44.0 Å².